The Morgan fingerprint density at radius 1 is 1.27 bits per heavy atom. The van der Waals surface area contributed by atoms with Gasteiger partial charge in [-0.05, 0) is 24.3 Å². The molecule has 1 N–H and O–H groups in total. The van der Waals surface area contributed by atoms with E-state index in [1.807, 2.05) is 29.4 Å². The third-order valence-electron chi connectivity index (χ3n) is 5.07. The van der Waals surface area contributed by atoms with Crippen LogP contribution in [0.2, 0.25) is 0 Å². The number of pyridine rings is 1. The van der Waals surface area contributed by atoms with E-state index < -0.39 is 9.96 Å². The molecule has 5 nitrogen and oxygen atoms in total. The molecule has 1 fully saturated rings. The van der Waals surface area contributed by atoms with Crippen LogP contribution in [0.15, 0.2) is 23.0 Å². The molecule has 0 unspecified atom stereocenters. The monoisotopic (exact) mass is 419 g/mol. The Bertz CT molecular complexity index is 729. The van der Waals surface area contributed by atoms with E-state index in [1.54, 1.807) is 12.1 Å². The van der Waals surface area contributed by atoms with Crippen molar-refractivity contribution >= 4 is 40.7 Å². The van der Waals surface area contributed by atoms with Gasteiger partial charge >= 0.3 is 0 Å². The minimum Gasteiger partial charge on any atom is -0.337 e. The summed E-state index contributed by atoms with van der Waals surface area (Å²) in [5.74, 6) is 0.584. The lowest BCUT2D eigenvalue weighted by molar-refractivity contribution is -0.124. The Kier molecular flexibility index (Phi) is 5.92. The molecule has 1 aromatic rings. The van der Waals surface area contributed by atoms with Crippen molar-refractivity contribution in [2.24, 2.45) is 11.8 Å². The van der Waals surface area contributed by atoms with Crippen molar-refractivity contribution < 1.29 is 4.79 Å². The van der Waals surface area contributed by atoms with Gasteiger partial charge in [-0.1, -0.05) is 54.7 Å². The molecule has 1 amide bonds. The van der Waals surface area contributed by atoms with Crippen LogP contribution in [-0.2, 0) is 11.3 Å². The van der Waals surface area contributed by atoms with E-state index in [2.05, 4.69) is 5.32 Å². The second-order valence-electron chi connectivity index (χ2n) is 7.76. The molecule has 3 heterocycles. The second-order valence-corrected chi connectivity index (χ2v) is 10.1. The zero-order chi connectivity index (χ0) is 19.1. The van der Waals surface area contributed by atoms with Gasteiger partial charge in [0.15, 0.2) is 0 Å². The summed E-state index contributed by atoms with van der Waals surface area (Å²) in [6, 6.07) is 5.39. The zero-order valence-electron chi connectivity index (χ0n) is 14.9. The Morgan fingerprint density at radius 2 is 2.00 bits per heavy atom. The number of amides is 1. The number of rotatable bonds is 4. The maximum absolute atomic E-state index is 12.3. The van der Waals surface area contributed by atoms with Crippen LogP contribution in [-0.4, -0.2) is 38.4 Å². The second kappa shape index (κ2) is 7.70. The van der Waals surface area contributed by atoms with Crippen LogP contribution >= 0.6 is 34.8 Å². The maximum Gasteiger partial charge on any atom is 0.250 e. The van der Waals surface area contributed by atoms with Gasteiger partial charge in [-0.2, -0.15) is 0 Å². The fourth-order valence-electron chi connectivity index (χ4n) is 4.11. The molecule has 0 aliphatic carbocycles. The Balaban J connectivity index is 1.82. The fraction of sp³-hybridized carbons (Fsp3) is 0.667. The normalized spacial score (nSPS) is 24.2. The molecule has 0 aromatic carbocycles. The number of carbonyl (C=O) groups excluding carboxylic acids is 1. The smallest absolute Gasteiger partial charge is 0.250 e. The van der Waals surface area contributed by atoms with E-state index in [-0.39, 0.29) is 23.3 Å². The van der Waals surface area contributed by atoms with Crippen LogP contribution < -0.4 is 10.9 Å². The van der Waals surface area contributed by atoms with Gasteiger partial charge in [0, 0.05) is 43.7 Å². The summed E-state index contributed by atoms with van der Waals surface area (Å²) in [5, 5.41) is 2.91. The van der Waals surface area contributed by atoms with E-state index in [1.165, 1.54) is 0 Å². The number of halogens is 3. The lowest BCUT2D eigenvalue weighted by atomic mass is 9.83. The number of hydrogen-bond donors (Lipinski definition) is 1. The minimum absolute atomic E-state index is 0.0359. The highest BCUT2D eigenvalue weighted by Crippen LogP contribution is 2.39. The zero-order valence-corrected chi connectivity index (χ0v) is 17.2. The predicted octanol–water partition coefficient (Wildman–Crippen LogP) is 3.13. The summed E-state index contributed by atoms with van der Waals surface area (Å²) in [6.07, 6.45) is 0.703. The first-order chi connectivity index (χ1) is 12.1. The third kappa shape index (κ3) is 4.38. The summed E-state index contributed by atoms with van der Waals surface area (Å²) < 4.78 is 0.229. The fourth-order valence-corrected chi connectivity index (χ4v) is 4.68. The number of hydrogen-bond acceptors (Lipinski definition) is 3. The molecule has 0 saturated carbocycles. The van der Waals surface area contributed by atoms with Crippen molar-refractivity contribution in [3.05, 3.63) is 34.2 Å². The van der Waals surface area contributed by atoms with E-state index in [0.29, 0.717) is 32.0 Å². The molecular weight excluding hydrogens is 397 g/mol. The number of piperidine rings is 1. The number of carbonyl (C=O) groups is 1. The van der Waals surface area contributed by atoms with Crippen LogP contribution in [0, 0.1) is 11.8 Å². The molecule has 2 aliphatic rings. The molecule has 8 heteroatoms. The number of aromatic nitrogens is 1. The van der Waals surface area contributed by atoms with Crippen molar-refractivity contribution in [2.75, 3.05) is 13.1 Å². The topological polar surface area (TPSA) is 54.3 Å². The SMILES string of the molecule is CC(C)CC(=O)N[C@H](N1C[C@H]2C[C@H](C1)c1cccc(=O)n1C2)C(Cl)(Cl)Cl. The number of likely N-dealkylation sites (tertiary alicyclic amines) is 1. The van der Waals surface area contributed by atoms with Gasteiger partial charge in [-0.3, -0.25) is 14.5 Å². The van der Waals surface area contributed by atoms with E-state index in [9.17, 15) is 9.59 Å². The van der Waals surface area contributed by atoms with Crippen LogP contribution in [0.25, 0.3) is 0 Å². The Hall–Kier alpha value is -0.750. The molecular formula is C18H24Cl3N3O2. The van der Waals surface area contributed by atoms with Crippen molar-refractivity contribution in [1.29, 1.82) is 0 Å². The van der Waals surface area contributed by atoms with Crippen molar-refractivity contribution in [3.63, 3.8) is 0 Å². The number of fused-ring (bicyclic) bond motifs is 4. The lowest BCUT2D eigenvalue weighted by Gasteiger charge is -2.47. The largest absolute Gasteiger partial charge is 0.337 e. The van der Waals surface area contributed by atoms with Crippen molar-refractivity contribution in [2.45, 2.75) is 49.1 Å². The quantitative estimate of drug-likeness (QED) is 0.761. The highest BCUT2D eigenvalue weighted by Gasteiger charge is 2.44. The van der Waals surface area contributed by atoms with Crippen molar-refractivity contribution in [3.8, 4) is 0 Å². The summed E-state index contributed by atoms with van der Waals surface area (Å²) in [6.45, 7) is 5.93. The predicted molar refractivity (Wildman–Crippen MR) is 105 cm³/mol. The molecule has 2 bridgehead atoms. The van der Waals surface area contributed by atoms with E-state index in [0.717, 1.165) is 12.1 Å². The first-order valence-electron chi connectivity index (χ1n) is 8.95. The highest BCUT2D eigenvalue weighted by molar-refractivity contribution is 6.68. The van der Waals surface area contributed by atoms with Gasteiger partial charge in [0.1, 0.15) is 6.17 Å². The van der Waals surface area contributed by atoms with Crippen LogP contribution in [0.1, 0.15) is 38.3 Å². The van der Waals surface area contributed by atoms with Gasteiger partial charge in [-0.25, -0.2) is 0 Å². The minimum atomic E-state index is -1.63. The summed E-state index contributed by atoms with van der Waals surface area (Å²) in [4.78, 5) is 26.5. The standard InChI is InChI=1S/C18H24Cl3N3O2/c1-11(2)6-15(25)22-17(18(19,20)21)23-8-12-7-13(10-23)14-4-3-5-16(26)24(14)9-12/h3-5,11-13,17H,6-10H2,1-2H3,(H,22,25)/t12-,13-,17-/m1/s1. The molecule has 0 spiro atoms. The molecule has 1 aromatic heterocycles. The molecule has 144 valence electrons. The molecule has 26 heavy (non-hydrogen) atoms. The Morgan fingerprint density at radius 3 is 2.65 bits per heavy atom. The Labute approximate surface area is 168 Å². The maximum atomic E-state index is 12.3. The number of alkyl halides is 3. The van der Waals surface area contributed by atoms with Crippen LogP contribution in [0.5, 0.6) is 0 Å². The van der Waals surface area contributed by atoms with E-state index in [4.69, 9.17) is 34.8 Å². The van der Waals surface area contributed by atoms with Crippen molar-refractivity contribution in [1.82, 2.24) is 14.8 Å². The summed E-state index contributed by atoms with van der Waals surface area (Å²) >= 11 is 18.6. The molecule has 1 saturated heterocycles. The average molecular weight is 421 g/mol. The van der Waals surface area contributed by atoms with Gasteiger partial charge in [-0.15, -0.1) is 0 Å². The van der Waals surface area contributed by atoms with Gasteiger partial charge in [0.2, 0.25) is 9.70 Å². The molecule has 0 radical (unpaired) electrons. The number of nitrogens with one attached hydrogen (secondary N) is 1. The van der Waals surface area contributed by atoms with Crippen LogP contribution in [0.3, 0.4) is 0 Å². The average Bonchev–Trinajstić information content (AvgIpc) is 2.52. The van der Waals surface area contributed by atoms with Gasteiger partial charge in [0.05, 0.1) is 0 Å². The molecule has 3 rings (SSSR count). The molecule has 2 aliphatic heterocycles. The highest BCUT2D eigenvalue weighted by atomic mass is 35.6. The number of nitrogens with zero attached hydrogens (tertiary/aromatic N) is 2. The first-order valence-corrected chi connectivity index (χ1v) is 10.1. The molecule has 3 atom stereocenters. The summed E-state index contributed by atoms with van der Waals surface area (Å²) in [7, 11) is 0. The van der Waals surface area contributed by atoms with Crippen LogP contribution in [0.4, 0.5) is 0 Å². The van der Waals surface area contributed by atoms with E-state index >= 15 is 0 Å². The van der Waals surface area contributed by atoms with Gasteiger partial charge in [0.25, 0.3) is 5.56 Å². The first kappa shape index (κ1) is 20.0. The summed E-state index contributed by atoms with van der Waals surface area (Å²) in [5.41, 5.74) is 1.06. The third-order valence-corrected chi connectivity index (χ3v) is 5.69. The lowest BCUT2D eigenvalue weighted by Crippen LogP contribution is -2.60. The van der Waals surface area contributed by atoms with Gasteiger partial charge < -0.3 is 9.88 Å².